The van der Waals surface area contributed by atoms with Gasteiger partial charge < -0.3 is 9.32 Å². The van der Waals surface area contributed by atoms with Crippen LogP contribution in [0, 0.1) is 0 Å². The molecule has 5 heteroatoms. The SMILES string of the molecule is c1ccc(-c2ccc(N(c3ccc(-c4ccc5c(c4)oc4ccc6nc(-c7ccccc7)sc6c45)cc3)c3cccc(-c4cccc5sc6ccccc6c45)c3)cc2)cc1. The van der Waals surface area contributed by atoms with Crippen molar-refractivity contribution in [1.29, 1.82) is 0 Å². The molecule has 0 fully saturated rings. The van der Waals surface area contributed by atoms with Crippen LogP contribution in [0.15, 0.2) is 211 Å². The Balaban J connectivity index is 0.936. The molecule has 0 unspecified atom stereocenters. The third-order valence-corrected chi connectivity index (χ3v) is 13.8. The number of aromatic nitrogens is 1. The lowest BCUT2D eigenvalue weighted by Crippen LogP contribution is -2.10. The Morgan fingerprint density at radius 1 is 0.383 bits per heavy atom. The maximum atomic E-state index is 6.52. The maximum Gasteiger partial charge on any atom is 0.137 e. The van der Waals surface area contributed by atoms with Crippen molar-refractivity contribution in [3.05, 3.63) is 206 Å². The Morgan fingerprint density at radius 2 is 1.02 bits per heavy atom. The van der Waals surface area contributed by atoms with E-state index in [-0.39, 0.29) is 0 Å². The summed E-state index contributed by atoms with van der Waals surface area (Å²) in [5.74, 6) is 0. The van der Waals surface area contributed by atoms with Crippen LogP contribution in [0.5, 0.6) is 0 Å². The Hall–Kier alpha value is -7.31. The molecule has 0 atom stereocenters. The molecule has 0 spiro atoms. The molecule has 0 radical (unpaired) electrons. The van der Waals surface area contributed by atoms with Crippen molar-refractivity contribution in [2.45, 2.75) is 0 Å². The van der Waals surface area contributed by atoms with Crippen LogP contribution < -0.4 is 4.90 Å². The van der Waals surface area contributed by atoms with Crippen LogP contribution in [0.1, 0.15) is 0 Å². The van der Waals surface area contributed by atoms with E-state index in [0.29, 0.717) is 0 Å². The van der Waals surface area contributed by atoms with Crippen molar-refractivity contribution in [3.63, 3.8) is 0 Å². The van der Waals surface area contributed by atoms with Crippen LogP contribution in [0.25, 0.3) is 96.3 Å². The molecule has 0 saturated heterocycles. The third-order valence-electron chi connectivity index (χ3n) is 11.5. The van der Waals surface area contributed by atoms with Crippen LogP contribution >= 0.6 is 22.7 Å². The zero-order valence-electron chi connectivity index (χ0n) is 32.2. The third kappa shape index (κ3) is 5.90. The van der Waals surface area contributed by atoms with Crippen molar-refractivity contribution < 1.29 is 4.42 Å². The first-order chi connectivity index (χ1) is 29.7. The fourth-order valence-electron chi connectivity index (χ4n) is 8.64. The van der Waals surface area contributed by atoms with E-state index in [4.69, 9.17) is 9.40 Å². The molecule has 0 bridgehead atoms. The van der Waals surface area contributed by atoms with Gasteiger partial charge in [0, 0.05) is 53.6 Å². The fraction of sp³-hybridized carbons (Fsp3) is 0. The Bertz CT molecular complexity index is 3530. The molecule has 0 saturated carbocycles. The number of fused-ring (bicyclic) bond motifs is 8. The Morgan fingerprint density at radius 3 is 1.80 bits per heavy atom. The summed E-state index contributed by atoms with van der Waals surface area (Å²) >= 11 is 3.58. The summed E-state index contributed by atoms with van der Waals surface area (Å²) in [7, 11) is 0. The highest BCUT2D eigenvalue weighted by atomic mass is 32.1. The van der Waals surface area contributed by atoms with Crippen molar-refractivity contribution in [3.8, 4) is 44.0 Å². The highest BCUT2D eigenvalue weighted by Crippen LogP contribution is 2.44. The standard InChI is InChI=1S/C55H34N2OS2/c1-3-11-35(12-4-1)36-21-26-41(27-22-36)57(43-16-9-15-40(33-43)44-18-10-20-51-52(44)46-17-7-8-19-50(46)59-51)42-28-23-37(24-29-42)39-25-30-45-49(34-39)58-48-32-31-47-54(53(45)48)60-55(56-47)38-13-5-2-6-14-38/h1-34H. The molecule has 12 rings (SSSR count). The first-order valence-electron chi connectivity index (χ1n) is 20.1. The summed E-state index contributed by atoms with van der Waals surface area (Å²) in [5, 5.41) is 5.87. The van der Waals surface area contributed by atoms with Crippen molar-refractivity contribution >= 4 is 92.1 Å². The summed E-state index contributed by atoms with van der Waals surface area (Å²) in [5.41, 5.74) is 14.2. The van der Waals surface area contributed by atoms with Gasteiger partial charge in [-0.25, -0.2) is 4.98 Å². The summed E-state index contributed by atoms with van der Waals surface area (Å²) in [6, 6.07) is 73.9. The summed E-state index contributed by atoms with van der Waals surface area (Å²) in [6.45, 7) is 0. The maximum absolute atomic E-state index is 6.52. The molecule has 0 amide bonds. The fourth-order valence-corrected chi connectivity index (χ4v) is 10.9. The zero-order valence-corrected chi connectivity index (χ0v) is 33.9. The van der Waals surface area contributed by atoms with Gasteiger partial charge in [0.25, 0.3) is 0 Å². The van der Waals surface area contributed by atoms with E-state index in [1.165, 1.54) is 42.4 Å². The number of furan rings is 1. The zero-order chi connectivity index (χ0) is 39.6. The second-order valence-corrected chi connectivity index (χ2v) is 17.2. The van der Waals surface area contributed by atoms with E-state index in [0.717, 1.165) is 70.9 Å². The molecule has 9 aromatic carbocycles. The molecule has 0 aliphatic heterocycles. The smallest absolute Gasteiger partial charge is 0.137 e. The number of hydrogen-bond acceptors (Lipinski definition) is 5. The molecule has 60 heavy (non-hydrogen) atoms. The monoisotopic (exact) mass is 802 g/mol. The van der Waals surface area contributed by atoms with E-state index >= 15 is 0 Å². The average molecular weight is 803 g/mol. The Kier molecular flexibility index (Phi) is 8.22. The van der Waals surface area contributed by atoms with Crippen LogP contribution in [0.3, 0.4) is 0 Å². The van der Waals surface area contributed by atoms with E-state index in [9.17, 15) is 0 Å². The highest BCUT2D eigenvalue weighted by molar-refractivity contribution is 7.26. The number of nitrogens with zero attached hydrogens (tertiary/aromatic N) is 2. The van der Waals surface area contributed by atoms with Gasteiger partial charge in [0.1, 0.15) is 16.2 Å². The lowest BCUT2D eigenvalue weighted by molar-refractivity contribution is 0.669. The number of hydrogen-bond donors (Lipinski definition) is 0. The highest BCUT2D eigenvalue weighted by Gasteiger charge is 2.18. The molecule has 0 aliphatic carbocycles. The quantitative estimate of drug-likeness (QED) is 0.161. The predicted molar refractivity (Wildman–Crippen MR) is 256 cm³/mol. The van der Waals surface area contributed by atoms with Crippen molar-refractivity contribution in [2.24, 2.45) is 0 Å². The first-order valence-corrected chi connectivity index (χ1v) is 21.7. The summed E-state index contributed by atoms with van der Waals surface area (Å²) < 4.78 is 10.3. The van der Waals surface area contributed by atoms with Crippen molar-refractivity contribution in [1.82, 2.24) is 4.98 Å². The topological polar surface area (TPSA) is 29.3 Å². The van der Waals surface area contributed by atoms with Gasteiger partial charge in [0.2, 0.25) is 0 Å². The first kappa shape index (κ1) is 34.7. The lowest BCUT2D eigenvalue weighted by Gasteiger charge is -2.26. The van der Waals surface area contributed by atoms with Crippen LogP contribution in [-0.2, 0) is 0 Å². The number of thiophene rings is 1. The van der Waals surface area contributed by atoms with Gasteiger partial charge in [-0.2, -0.15) is 0 Å². The van der Waals surface area contributed by atoms with Gasteiger partial charge in [0.05, 0.1) is 10.2 Å². The van der Waals surface area contributed by atoms with Gasteiger partial charge in [-0.3, -0.25) is 0 Å². The second-order valence-electron chi connectivity index (χ2n) is 15.1. The second kappa shape index (κ2) is 14.2. The van der Waals surface area contributed by atoms with Crippen LogP contribution in [0.2, 0.25) is 0 Å². The predicted octanol–water partition coefficient (Wildman–Crippen LogP) is 16.7. The molecule has 3 nitrogen and oxygen atoms in total. The molecular weight excluding hydrogens is 769 g/mol. The van der Waals surface area contributed by atoms with E-state index in [2.05, 4.69) is 205 Å². The minimum atomic E-state index is 0.874. The van der Waals surface area contributed by atoms with E-state index in [1.54, 1.807) is 11.3 Å². The number of rotatable bonds is 7. The average Bonchev–Trinajstić information content (AvgIpc) is 4.04. The molecule has 12 aromatic rings. The van der Waals surface area contributed by atoms with Crippen LogP contribution in [-0.4, -0.2) is 4.98 Å². The molecule has 0 aliphatic rings. The van der Waals surface area contributed by atoms with Gasteiger partial charge in [0.15, 0.2) is 0 Å². The van der Waals surface area contributed by atoms with E-state index < -0.39 is 0 Å². The number of anilines is 3. The molecular formula is C55H34N2OS2. The number of benzene rings is 9. The van der Waals surface area contributed by atoms with Gasteiger partial charge in [-0.1, -0.05) is 133 Å². The summed E-state index contributed by atoms with van der Waals surface area (Å²) in [6.07, 6.45) is 0. The molecule has 3 aromatic heterocycles. The largest absolute Gasteiger partial charge is 0.456 e. The van der Waals surface area contributed by atoms with Gasteiger partial charge >= 0.3 is 0 Å². The normalized spacial score (nSPS) is 11.7. The lowest BCUT2D eigenvalue weighted by atomic mass is 9.98. The van der Waals surface area contributed by atoms with E-state index in [1.807, 2.05) is 17.4 Å². The summed E-state index contributed by atoms with van der Waals surface area (Å²) in [4.78, 5) is 7.34. The van der Waals surface area contributed by atoms with Crippen molar-refractivity contribution in [2.75, 3.05) is 4.90 Å². The minimum absolute atomic E-state index is 0.874. The molecule has 3 heterocycles. The number of thiazole rings is 1. The minimum Gasteiger partial charge on any atom is -0.456 e. The van der Waals surface area contributed by atoms with Gasteiger partial charge in [-0.15, -0.1) is 22.7 Å². The van der Waals surface area contributed by atoms with Crippen LogP contribution in [0.4, 0.5) is 17.1 Å². The molecule has 0 N–H and O–H groups in total. The molecule has 282 valence electrons. The Labute approximate surface area is 354 Å². The van der Waals surface area contributed by atoms with Gasteiger partial charge in [-0.05, 0) is 106 Å².